The van der Waals surface area contributed by atoms with Gasteiger partial charge in [0.15, 0.2) is 0 Å². The number of nitrogens with zero attached hydrogens (tertiary/aromatic N) is 1. The van der Waals surface area contributed by atoms with Crippen LogP contribution in [-0.2, 0) is 0 Å². The molecule has 1 aromatic rings. The third-order valence-electron chi connectivity index (χ3n) is 3.84. The highest BCUT2D eigenvalue weighted by Gasteiger charge is 2.28. The van der Waals surface area contributed by atoms with Crippen molar-refractivity contribution in [2.45, 2.75) is 32.2 Å². The van der Waals surface area contributed by atoms with E-state index in [-0.39, 0.29) is 17.6 Å². The monoisotopic (exact) mass is 340 g/mol. The number of carbonyl (C=O) groups is 1. The third-order valence-corrected chi connectivity index (χ3v) is 4.67. The fraction of sp³-hybridized carbons (Fsp3) is 0.500. The Morgan fingerprint density at radius 2 is 2.25 bits per heavy atom. The van der Waals surface area contributed by atoms with Crippen LogP contribution in [-0.4, -0.2) is 22.2 Å². The summed E-state index contributed by atoms with van der Waals surface area (Å²) in [5.74, 6) is 0.326. The number of aryl methyl sites for hydroxylation is 1. The fourth-order valence-electron chi connectivity index (χ4n) is 2.67. The van der Waals surface area contributed by atoms with Gasteiger partial charge in [-0.2, -0.15) is 0 Å². The highest BCUT2D eigenvalue weighted by atomic mass is 79.9. The smallest absolute Gasteiger partial charge is 0.269 e. The molecular weight excluding hydrogens is 324 g/mol. The number of alkyl halides is 1. The Morgan fingerprint density at radius 3 is 2.85 bits per heavy atom. The Bertz CT molecular complexity index is 533. The summed E-state index contributed by atoms with van der Waals surface area (Å²) >= 11 is 3.48. The van der Waals surface area contributed by atoms with Crippen molar-refractivity contribution in [1.82, 2.24) is 5.32 Å². The number of hydrogen-bond acceptors (Lipinski definition) is 3. The molecular formula is C14H17BrN2O3. The van der Waals surface area contributed by atoms with E-state index in [1.807, 2.05) is 0 Å². The van der Waals surface area contributed by atoms with E-state index in [9.17, 15) is 14.9 Å². The van der Waals surface area contributed by atoms with Crippen LogP contribution in [0.2, 0.25) is 0 Å². The molecule has 2 rings (SSSR count). The van der Waals surface area contributed by atoms with Crippen LogP contribution in [0.3, 0.4) is 0 Å². The molecule has 2 unspecified atom stereocenters. The van der Waals surface area contributed by atoms with E-state index in [4.69, 9.17) is 0 Å². The van der Waals surface area contributed by atoms with Crippen LogP contribution in [0.25, 0.3) is 0 Å². The van der Waals surface area contributed by atoms with Gasteiger partial charge in [0.05, 0.1) is 4.92 Å². The molecule has 1 fully saturated rings. The van der Waals surface area contributed by atoms with Crippen molar-refractivity contribution < 1.29 is 9.72 Å². The Balaban J connectivity index is 2.11. The van der Waals surface area contributed by atoms with Crippen molar-refractivity contribution >= 4 is 27.5 Å². The quantitative estimate of drug-likeness (QED) is 0.519. The molecule has 1 N–H and O–H groups in total. The van der Waals surface area contributed by atoms with Gasteiger partial charge < -0.3 is 5.32 Å². The molecule has 0 aliphatic heterocycles. The summed E-state index contributed by atoms with van der Waals surface area (Å²) in [4.78, 5) is 22.5. The van der Waals surface area contributed by atoms with Crippen LogP contribution in [0.4, 0.5) is 5.69 Å². The molecule has 0 bridgehead atoms. The predicted octanol–water partition coefficient (Wildman–Crippen LogP) is 3.20. The van der Waals surface area contributed by atoms with Crippen LogP contribution < -0.4 is 5.32 Å². The molecule has 5 nitrogen and oxygen atoms in total. The lowest BCUT2D eigenvalue weighted by Crippen LogP contribution is -2.38. The van der Waals surface area contributed by atoms with E-state index in [2.05, 4.69) is 21.2 Å². The maximum absolute atomic E-state index is 12.3. The standard InChI is InChI=1S/C14H17BrN2O3/c1-9-7-11(17(19)20)5-6-12(9)14(18)16-13-4-2-3-10(13)8-15/h5-7,10,13H,2-4,8H2,1H3,(H,16,18). The van der Waals surface area contributed by atoms with Gasteiger partial charge in [-0.3, -0.25) is 14.9 Å². The average molecular weight is 341 g/mol. The first-order valence-corrected chi connectivity index (χ1v) is 7.77. The minimum atomic E-state index is -0.452. The Hall–Kier alpha value is -1.43. The van der Waals surface area contributed by atoms with Crippen LogP contribution in [0.1, 0.15) is 35.2 Å². The second-order valence-electron chi connectivity index (χ2n) is 5.18. The Kier molecular flexibility index (Phi) is 4.75. The van der Waals surface area contributed by atoms with Gasteiger partial charge >= 0.3 is 0 Å². The first-order chi connectivity index (χ1) is 9.52. The summed E-state index contributed by atoms with van der Waals surface area (Å²) in [5, 5.41) is 14.6. The molecule has 0 heterocycles. The van der Waals surface area contributed by atoms with Crippen molar-refractivity contribution in [3.63, 3.8) is 0 Å². The molecule has 6 heteroatoms. The molecule has 0 spiro atoms. The second-order valence-corrected chi connectivity index (χ2v) is 5.83. The molecule has 2 atom stereocenters. The normalized spacial score (nSPS) is 21.7. The topological polar surface area (TPSA) is 72.2 Å². The van der Waals surface area contributed by atoms with Gasteiger partial charge in [0, 0.05) is 29.1 Å². The van der Waals surface area contributed by atoms with Gasteiger partial charge in [0.25, 0.3) is 11.6 Å². The molecule has 1 aliphatic rings. The zero-order valence-corrected chi connectivity index (χ0v) is 12.9. The summed E-state index contributed by atoms with van der Waals surface area (Å²) in [6, 6.07) is 4.53. The number of carbonyl (C=O) groups excluding carboxylic acids is 1. The van der Waals surface area contributed by atoms with E-state index >= 15 is 0 Å². The fourth-order valence-corrected chi connectivity index (χ4v) is 3.45. The van der Waals surface area contributed by atoms with E-state index < -0.39 is 4.92 Å². The number of rotatable bonds is 4. The highest BCUT2D eigenvalue weighted by molar-refractivity contribution is 9.09. The van der Waals surface area contributed by atoms with Crippen LogP contribution in [0, 0.1) is 23.0 Å². The van der Waals surface area contributed by atoms with Gasteiger partial charge in [-0.25, -0.2) is 0 Å². The number of nitro benzene ring substituents is 1. The molecule has 1 aliphatic carbocycles. The van der Waals surface area contributed by atoms with E-state index in [0.29, 0.717) is 17.0 Å². The van der Waals surface area contributed by atoms with E-state index in [1.54, 1.807) is 6.92 Å². The number of nitro groups is 1. The summed E-state index contributed by atoms with van der Waals surface area (Å²) < 4.78 is 0. The maximum Gasteiger partial charge on any atom is 0.269 e. The number of halogens is 1. The van der Waals surface area contributed by atoms with E-state index in [0.717, 1.165) is 24.6 Å². The van der Waals surface area contributed by atoms with Crippen molar-refractivity contribution in [2.24, 2.45) is 5.92 Å². The molecule has 0 aromatic heterocycles. The van der Waals surface area contributed by atoms with Crippen molar-refractivity contribution in [3.05, 3.63) is 39.4 Å². The molecule has 108 valence electrons. The van der Waals surface area contributed by atoms with Gasteiger partial charge in [0.1, 0.15) is 0 Å². The van der Waals surface area contributed by atoms with Crippen molar-refractivity contribution in [3.8, 4) is 0 Å². The molecule has 1 aromatic carbocycles. The SMILES string of the molecule is Cc1cc([N+](=O)[O-])ccc1C(=O)NC1CCCC1CBr. The predicted molar refractivity (Wildman–Crippen MR) is 80.2 cm³/mol. The number of amides is 1. The molecule has 0 radical (unpaired) electrons. The number of hydrogen-bond donors (Lipinski definition) is 1. The van der Waals surface area contributed by atoms with E-state index in [1.165, 1.54) is 18.2 Å². The largest absolute Gasteiger partial charge is 0.349 e. The lowest BCUT2D eigenvalue weighted by atomic mass is 10.0. The summed E-state index contributed by atoms with van der Waals surface area (Å²) in [5.41, 5.74) is 1.15. The first-order valence-electron chi connectivity index (χ1n) is 6.64. The zero-order valence-electron chi connectivity index (χ0n) is 11.3. The Labute approximate surface area is 126 Å². The second kappa shape index (κ2) is 6.35. The number of benzene rings is 1. The summed E-state index contributed by atoms with van der Waals surface area (Å²) in [6.45, 7) is 1.72. The lowest BCUT2D eigenvalue weighted by molar-refractivity contribution is -0.384. The third kappa shape index (κ3) is 3.17. The van der Waals surface area contributed by atoms with Crippen LogP contribution in [0.5, 0.6) is 0 Å². The number of nitrogens with one attached hydrogen (secondary N) is 1. The maximum atomic E-state index is 12.3. The summed E-state index contributed by atoms with van der Waals surface area (Å²) in [6.07, 6.45) is 3.24. The molecule has 0 saturated heterocycles. The van der Waals surface area contributed by atoms with Crippen LogP contribution in [0.15, 0.2) is 18.2 Å². The van der Waals surface area contributed by atoms with Gasteiger partial charge in [-0.15, -0.1) is 0 Å². The van der Waals surface area contributed by atoms with Crippen molar-refractivity contribution in [1.29, 1.82) is 0 Å². The Morgan fingerprint density at radius 1 is 1.50 bits per heavy atom. The minimum absolute atomic E-state index is 0.0123. The molecule has 20 heavy (non-hydrogen) atoms. The molecule has 1 saturated carbocycles. The lowest BCUT2D eigenvalue weighted by Gasteiger charge is -2.19. The zero-order chi connectivity index (χ0) is 14.7. The molecule has 1 amide bonds. The summed E-state index contributed by atoms with van der Waals surface area (Å²) in [7, 11) is 0. The minimum Gasteiger partial charge on any atom is -0.349 e. The van der Waals surface area contributed by atoms with Crippen LogP contribution >= 0.6 is 15.9 Å². The average Bonchev–Trinajstić information content (AvgIpc) is 2.85. The van der Waals surface area contributed by atoms with Gasteiger partial charge in [0.2, 0.25) is 0 Å². The van der Waals surface area contributed by atoms with Crippen molar-refractivity contribution in [2.75, 3.05) is 5.33 Å². The first kappa shape index (κ1) is 15.0. The highest BCUT2D eigenvalue weighted by Crippen LogP contribution is 2.27. The number of non-ortho nitro benzene ring substituents is 1. The van der Waals surface area contributed by atoms with Gasteiger partial charge in [-0.05, 0) is 37.3 Å². The van der Waals surface area contributed by atoms with Gasteiger partial charge in [-0.1, -0.05) is 22.4 Å².